The van der Waals surface area contributed by atoms with Gasteiger partial charge in [-0.3, -0.25) is 4.90 Å². The molecule has 1 N–H and O–H groups in total. The number of H-pyrrole nitrogens is 1. The number of rotatable bonds is 3. The number of nitrogens with one attached hydrogen (secondary N) is 1. The molecule has 20 heavy (non-hydrogen) atoms. The molecule has 3 heteroatoms. The van der Waals surface area contributed by atoms with Crippen LogP contribution in [-0.2, 0) is 13.0 Å². The first kappa shape index (κ1) is 15.0. The average molecular weight is 276 g/mol. The fraction of sp³-hybridized carbons (Fsp3) is 0.529. The van der Waals surface area contributed by atoms with Gasteiger partial charge < -0.3 is 4.98 Å². The maximum absolute atomic E-state index is 13.9. The van der Waals surface area contributed by atoms with Gasteiger partial charge in [-0.2, -0.15) is 0 Å². The van der Waals surface area contributed by atoms with E-state index in [1.165, 1.54) is 16.5 Å². The standard InChI is InChI=1S/C17H25FN2/c1-6-8-15-13(7-2)14-9-12(3)20(10-16(14)19-15)11-17(4,5)18/h6-8,12,19H,1,9-11H2,2-5H3/b13-7-,15-8+. The van der Waals surface area contributed by atoms with Crippen molar-refractivity contribution in [3.05, 3.63) is 34.5 Å². The van der Waals surface area contributed by atoms with Crippen LogP contribution in [0.1, 0.15) is 39.0 Å². The van der Waals surface area contributed by atoms with Gasteiger partial charge in [-0.25, -0.2) is 4.39 Å². The highest BCUT2D eigenvalue weighted by atomic mass is 19.1. The Morgan fingerprint density at radius 3 is 2.75 bits per heavy atom. The Bertz CT molecular complexity index is 604. The second-order valence-electron chi connectivity index (χ2n) is 6.28. The lowest BCUT2D eigenvalue weighted by molar-refractivity contribution is 0.0849. The van der Waals surface area contributed by atoms with Gasteiger partial charge in [0, 0.05) is 30.2 Å². The molecule has 2 nitrogen and oxygen atoms in total. The van der Waals surface area contributed by atoms with Crippen molar-refractivity contribution >= 4 is 12.2 Å². The van der Waals surface area contributed by atoms with Crippen LogP contribution in [0.3, 0.4) is 0 Å². The van der Waals surface area contributed by atoms with Gasteiger partial charge in [0.2, 0.25) is 0 Å². The van der Waals surface area contributed by atoms with Crippen LogP contribution >= 0.6 is 0 Å². The second kappa shape index (κ2) is 5.57. The molecule has 110 valence electrons. The predicted molar refractivity (Wildman–Crippen MR) is 83.6 cm³/mol. The van der Waals surface area contributed by atoms with E-state index >= 15 is 0 Å². The summed E-state index contributed by atoms with van der Waals surface area (Å²) >= 11 is 0. The van der Waals surface area contributed by atoms with E-state index < -0.39 is 5.67 Å². The summed E-state index contributed by atoms with van der Waals surface area (Å²) in [6.45, 7) is 12.6. The summed E-state index contributed by atoms with van der Waals surface area (Å²) in [6.07, 6.45) is 6.91. The third kappa shape index (κ3) is 3.04. The van der Waals surface area contributed by atoms with E-state index in [0.717, 1.165) is 18.3 Å². The van der Waals surface area contributed by atoms with E-state index in [9.17, 15) is 4.39 Å². The summed E-state index contributed by atoms with van der Waals surface area (Å²) in [5.74, 6) is 0. The van der Waals surface area contributed by atoms with E-state index in [4.69, 9.17) is 0 Å². The Morgan fingerprint density at radius 2 is 2.20 bits per heavy atom. The molecule has 0 radical (unpaired) electrons. The molecular weight excluding hydrogens is 251 g/mol. The van der Waals surface area contributed by atoms with Crippen LogP contribution in [0.25, 0.3) is 12.2 Å². The molecule has 1 atom stereocenters. The Hall–Kier alpha value is -1.35. The minimum Gasteiger partial charge on any atom is -0.357 e. The molecule has 0 aliphatic carbocycles. The third-order valence-corrected chi connectivity index (χ3v) is 3.90. The number of hydrogen-bond acceptors (Lipinski definition) is 1. The first-order valence-corrected chi connectivity index (χ1v) is 7.27. The SMILES string of the molecule is C=C/C=c1/[nH]c2c(/c1=C/C)CC(C)N(CC(C)(C)F)C2. The molecule has 2 rings (SSSR count). The summed E-state index contributed by atoms with van der Waals surface area (Å²) in [6, 6.07) is 0.364. The summed E-state index contributed by atoms with van der Waals surface area (Å²) in [4.78, 5) is 5.69. The van der Waals surface area contributed by atoms with Crippen molar-refractivity contribution in [2.24, 2.45) is 0 Å². The summed E-state index contributed by atoms with van der Waals surface area (Å²) in [7, 11) is 0. The minimum atomic E-state index is -1.16. The zero-order valence-corrected chi connectivity index (χ0v) is 13.0. The van der Waals surface area contributed by atoms with Crippen molar-refractivity contribution in [3.8, 4) is 0 Å². The molecule has 0 amide bonds. The first-order valence-electron chi connectivity index (χ1n) is 7.27. The van der Waals surface area contributed by atoms with Gasteiger partial charge in [0.05, 0.1) is 0 Å². The van der Waals surface area contributed by atoms with Gasteiger partial charge in [-0.05, 0) is 51.0 Å². The van der Waals surface area contributed by atoms with E-state index in [2.05, 4.69) is 36.4 Å². The molecule has 0 aromatic carbocycles. The lowest BCUT2D eigenvalue weighted by atomic mass is 9.97. The molecule has 1 aliphatic rings. The summed E-state index contributed by atoms with van der Waals surface area (Å²) < 4.78 is 13.9. The number of nitrogens with zero attached hydrogens (tertiary/aromatic N) is 1. The molecule has 1 aromatic rings. The number of aromatic amines is 1. The quantitative estimate of drug-likeness (QED) is 0.897. The Balaban J connectivity index is 2.40. The second-order valence-corrected chi connectivity index (χ2v) is 6.28. The molecule has 1 aromatic heterocycles. The van der Waals surface area contributed by atoms with Crippen molar-refractivity contribution in [1.29, 1.82) is 0 Å². The van der Waals surface area contributed by atoms with Crippen LogP contribution in [0.15, 0.2) is 12.7 Å². The number of hydrogen-bond donors (Lipinski definition) is 1. The van der Waals surface area contributed by atoms with Crippen molar-refractivity contribution < 1.29 is 4.39 Å². The number of fused-ring (bicyclic) bond motifs is 1. The Kier molecular flexibility index (Phi) is 4.19. The highest BCUT2D eigenvalue weighted by molar-refractivity contribution is 5.41. The first-order chi connectivity index (χ1) is 9.35. The number of aromatic nitrogens is 1. The maximum atomic E-state index is 13.9. The fourth-order valence-electron chi connectivity index (χ4n) is 3.06. The molecule has 0 spiro atoms. The Labute approximate surface area is 120 Å². The van der Waals surface area contributed by atoms with Crippen LogP contribution in [0.4, 0.5) is 4.39 Å². The van der Waals surface area contributed by atoms with Crippen molar-refractivity contribution in [1.82, 2.24) is 9.88 Å². The van der Waals surface area contributed by atoms with E-state index in [1.807, 2.05) is 6.08 Å². The molecule has 0 fully saturated rings. The minimum absolute atomic E-state index is 0.364. The largest absolute Gasteiger partial charge is 0.357 e. The van der Waals surface area contributed by atoms with Crippen molar-refractivity contribution in [2.45, 2.75) is 52.4 Å². The summed E-state index contributed by atoms with van der Waals surface area (Å²) in [5.41, 5.74) is 1.43. The molecule has 1 aliphatic heterocycles. The average Bonchev–Trinajstić information content (AvgIpc) is 2.65. The lowest BCUT2D eigenvalue weighted by Gasteiger charge is -2.36. The smallest absolute Gasteiger partial charge is 0.118 e. The fourth-order valence-corrected chi connectivity index (χ4v) is 3.06. The van der Waals surface area contributed by atoms with Crippen LogP contribution in [-0.4, -0.2) is 28.1 Å². The normalized spacial score (nSPS) is 22.1. The Morgan fingerprint density at radius 1 is 1.50 bits per heavy atom. The predicted octanol–water partition coefficient (Wildman–Crippen LogP) is 2.28. The van der Waals surface area contributed by atoms with Crippen LogP contribution < -0.4 is 10.6 Å². The maximum Gasteiger partial charge on any atom is 0.118 e. The van der Waals surface area contributed by atoms with E-state index in [1.54, 1.807) is 19.9 Å². The van der Waals surface area contributed by atoms with Crippen molar-refractivity contribution in [3.63, 3.8) is 0 Å². The number of allylic oxidation sites excluding steroid dienone is 1. The van der Waals surface area contributed by atoms with Crippen molar-refractivity contribution in [2.75, 3.05) is 6.54 Å². The molecule has 0 saturated carbocycles. The number of alkyl halides is 1. The zero-order valence-electron chi connectivity index (χ0n) is 13.0. The highest BCUT2D eigenvalue weighted by Gasteiger charge is 2.29. The van der Waals surface area contributed by atoms with Crippen LogP contribution in [0.2, 0.25) is 0 Å². The van der Waals surface area contributed by atoms with Crippen LogP contribution in [0, 0.1) is 0 Å². The lowest BCUT2D eigenvalue weighted by Crippen LogP contribution is -2.45. The molecule has 2 heterocycles. The molecule has 0 bridgehead atoms. The van der Waals surface area contributed by atoms with Gasteiger partial charge in [0.1, 0.15) is 5.67 Å². The van der Waals surface area contributed by atoms with Gasteiger partial charge in [0.25, 0.3) is 0 Å². The van der Waals surface area contributed by atoms with Gasteiger partial charge >= 0.3 is 0 Å². The van der Waals surface area contributed by atoms with Gasteiger partial charge in [-0.1, -0.05) is 18.7 Å². The topological polar surface area (TPSA) is 19.0 Å². The number of halogens is 1. The molecular formula is C17H25FN2. The molecule has 1 unspecified atom stereocenters. The molecule has 0 saturated heterocycles. The third-order valence-electron chi connectivity index (χ3n) is 3.90. The van der Waals surface area contributed by atoms with Gasteiger partial charge in [0.15, 0.2) is 0 Å². The van der Waals surface area contributed by atoms with Gasteiger partial charge in [-0.15, -0.1) is 0 Å². The van der Waals surface area contributed by atoms with E-state index in [0.29, 0.717) is 12.6 Å². The summed E-state index contributed by atoms with van der Waals surface area (Å²) in [5, 5.41) is 2.38. The van der Waals surface area contributed by atoms with Crippen LogP contribution in [0.5, 0.6) is 0 Å². The van der Waals surface area contributed by atoms with E-state index in [-0.39, 0.29) is 0 Å². The zero-order chi connectivity index (χ0) is 14.9. The highest BCUT2D eigenvalue weighted by Crippen LogP contribution is 2.22. The monoisotopic (exact) mass is 276 g/mol.